The third-order valence-corrected chi connectivity index (χ3v) is 5.61. The summed E-state index contributed by atoms with van der Waals surface area (Å²) in [4.78, 5) is 32.7. The lowest BCUT2D eigenvalue weighted by Crippen LogP contribution is -2.46. The summed E-state index contributed by atoms with van der Waals surface area (Å²) in [6.45, 7) is 11.1. The molecule has 29 heavy (non-hydrogen) atoms. The number of likely N-dealkylation sites (N-methyl/N-ethyl adjacent to an activating group) is 1. The number of anilines is 2. The molecule has 1 aliphatic rings. The molecule has 0 bridgehead atoms. The molecule has 2 N–H and O–H groups in total. The van der Waals surface area contributed by atoms with Gasteiger partial charge in [-0.2, -0.15) is 0 Å². The predicted octanol–water partition coefficient (Wildman–Crippen LogP) is 3.07. The summed E-state index contributed by atoms with van der Waals surface area (Å²) in [5.74, 6) is -0.696. The van der Waals surface area contributed by atoms with Gasteiger partial charge in [-0.1, -0.05) is 13.8 Å². The van der Waals surface area contributed by atoms with Crippen LogP contribution < -0.4 is 10.2 Å². The summed E-state index contributed by atoms with van der Waals surface area (Å²) >= 11 is 0. The lowest BCUT2D eigenvalue weighted by molar-refractivity contribution is 0.0599. The van der Waals surface area contributed by atoms with Crippen LogP contribution in [0.2, 0.25) is 0 Å². The second-order valence-electron chi connectivity index (χ2n) is 7.25. The molecule has 0 unspecified atom stereocenters. The number of H-pyrrole nitrogens is 1. The van der Waals surface area contributed by atoms with E-state index < -0.39 is 5.97 Å². The standard InChI is InChI=1S/C22H30N4O3/c1-5-18-19(22(28)29-4)15(3)20(24-18)21(27)23-16-7-9-17(10-8-16)26-13-11-25(6-2)12-14-26/h7-10,24H,5-6,11-14H2,1-4H3,(H,23,27). The first kappa shape index (κ1) is 20.9. The van der Waals surface area contributed by atoms with Gasteiger partial charge in [0, 0.05) is 43.2 Å². The molecule has 1 fully saturated rings. The minimum atomic E-state index is -0.429. The summed E-state index contributed by atoms with van der Waals surface area (Å²) in [6, 6.07) is 7.91. The number of methoxy groups -OCH3 is 1. The molecule has 1 aromatic heterocycles. The number of ether oxygens (including phenoxy) is 1. The van der Waals surface area contributed by atoms with Gasteiger partial charge in [0.15, 0.2) is 0 Å². The molecule has 0 atom stereocenters. The average Bonchev–Trinajstić information content (AvgIpc) is 3.10. The minimum Gasteiger partial charge on any atom is -0.465 e. The second-order valence-corrected chi connectivity index (χ2v) is 7.25. The molecular formula is C22H30N4O3. The Bertz CT molecular complexity index is 865. The first-order chi connectivity index (χ1) is 14.0. The van der Waals surface area contributed by atoms with Crippen LogP contribution in [0.5, 0.6) is 0 Å². The van der Waals surface area contributed by atoms with Gasteiger partial charge >= 0.3 is 5.97 Å². The number of hydrogen-bond acceptors (Lipinski definition) is 5. The number of carbonyl (C=O) groups is 2. The number of esters is 1. The zero-order valence-electron chi connectivity index (χ0n) is 17.7. The van der Waals surface area contributed by atoms with Crippen molar-refractivity contribution in [1.82, 2.24) is 9.88 Å². The van der Waals surface area contributed by atoms with Gasteiger partial charge < -0.3 is 24.8 Å². The Balaban J connectivity index is 1.70. The number of aryl methyl sites for hydroxylation is 1. The summed E-state index contributed by atoms with van der Waals surface area (Å²) in [6.07, 6.45) is 0.610. The van der Waals surface area contributed by atoms with Crippen molar-refractivity contribution in [3.05, 3.63) is 46.8 Å². The Kier molecular flexibility index (Phi) is 6.59. The Morgan fingerprint density at radius 3 is 2.31 bits per heavy atom. The molecule has 2 heterocycles. The van der Waals surface area contributed by atoms with E-state index >= 15 is 0 Å². The van der Waals surface area contributed by atoms with Gasteiger partial charge in [0.05, 0.1) is 12.7 Å². The second kappa shape index (κ2) is 9.13. The monoisotopic (exact) mass is 398 g/mol. The van der Waals surface area contributed by atoms with E-state index in [-0.39, 0.29) is 5.91 Å². The van der Waals surface area contributed by atoms with E-state index in [0.717, 1.165) is 44.1 Å². The van der Waals surface area contributed by atoms with Gasteiger partial charge in [0.25, 0.3) is 5.91 Å². The van der Waals surface area contributed by atoms with Gasteiger partial charge in [-0.3, -0.25) is 4.79 Å². The van der Waals surface area contributed by atoms with Crippen molar-refractivity contribution < 1.29 is 14.3 Å². The van der Waals surface area contributed by atoms with Crippen LogP contribution in [0.15, 0.2) is 24.3 Å². The number of carbonyl (C=O) groups excluding carboxylic acids is 2. The highest BCUT2D eigenvalue weighted by Crippen LogP contribution is 2.23. The first-order valence-electron chi connectivity index (χ1n) is 10.2. The lowest BCUT2D eigenvalue weighted by Gasteiger charge is -2.35. The number of aromatic amines is 1. The van der Waals surface area contributed by atoms with Gasteiger partial charge in [-0.15, -0.1) is 0 Å². The van der Waals surface area contributed by atoms with E-state index in [1.165, 1.54) is 7.11 Å². The van der Waals surface area contributed by atoms with Crippen molar-refractivity contribution in [2.24, 2.45) is 0 Å². The number of piperazine rings is 1. The smallest absolute Gasteiger partial charge is 0.339 e. The first-order valence-corrected chi connectivity index (χ1v) is 10.2. The van der Waals surface area contributed by atoms with Crippen LogP contribution in [0.1, 0.15) is 46.0 Å². The van der Waals surface area contributed by atoms with Gasteiger partial charge in [-0.25, -0.2) is 4.79 Å². The summed E-state index contributed by atoms with van der Waals surface area (Å²) in [7, 11) is 1.34. The van der Waals surface area contributed by atoms with Crippen molar-refractivity contribution in [2.45, 2.75) is 27.2 Å². The van der Waals surface area contributed by atoms with Crippen LogP contribution in [-0.4, -0.2) is 61.6 Å². The number of nitrogens with one attached hydrogen (secondary N) is 2. The number of benzene rings is 1. The zero-order valence-corrected chi connectivity index (χ0v) is 17.7. The molecule has 0 spiro atoms. The fraction of sp³-hybridized carbons (Fsp3) is 0.455. The van der Waals surface area contributed by atoms with E-state index in [1.807, 2.05) is 31.2 Å². The number of nitrogens with zero attached hydrogens (tertiary/aromatic N) is 2. The number of hydrogen-bond donors (Lipinski definition) is 2. The van der Waals surface area contributed by atoms with Crippen molar-refractivity contribution in [3.8, 4) is 0 Å². The fourth-order valence-corrected chi connectivity index (χ4v) is 3.80. The molecular weight excluding hydrogens is 368 g/mol. The van der Waals surface area contributed by atoms with Crippen LogP contribution in [0.4, 0.5) is 11.4 Å². The molecule has 7 nitrogen and oxygen atoms in total. The molecule has 7 heteroatoms. The van der Waals surface area contributed by atoms with Crippen molar-refractivity contribution in [3.63, 3.8) is 0 Å². The van der Waals surface area contributed by atoms with Crippen LogP contribution in [-0.2, 0) is 11.2 Å². The Hall–Kier alpha value is -2.80. The Morgan fingerprint density at radius 2 is 1.76 bits per heavy atom. The third-order valence-electron chi connectivity index (χ3n) is 5.61. The van der Waals surface area contributed by atoms with Gasteiger partial charge in [-0.05, 0) is 49.7 Å². The molecule has 3 rings (SSSR count). The van der Waals surface area contributed by atoms with Crippen molar-refractivity contribution >= 4 is 23.3 Å². The zero-order chi connectivity index (χ0) is 21.0. The van der Waals surface area contributed by atoms with Gasteiger partial charge in [0.2, 0.25) is 0 Å². The van der Waals surface area contributed by atoms with Gasteiger partial charge in [0.1, 0.15) is 5.69 Å². The maximum Gasteiger partial charge on any atom is 0.339 e. The van der Waals surface area contributed by atoms with Crippen molar-refractivity contribution in [2.75, 3.05) is 50.1 Å². The Morgan fingerprint density at radius 1 is 1.10 bits per heavy atom. The molecule has 0 saturated carbocycles. The lowest BCUT2D eigenvalue weighted by atomic mass is 10.1. The molecule has 1 aromatic carbocycles. The van der Waals surface area contributed by atoms with Crippen LogP contribution in [0.3, 0.4) is 0 Å². The maximum atomic E-state index is 12.8. The molecule has 0 radical (unpaired) electrons. The Labute approximate surface area is 172 Å². The number of rotatable bonds is 6. The molecule has 0 aliphatic carbocycles. The van der Waals surface area contributed by atoms with Crippen LogP contribution >= 0.6 is 0 Å². The SMILES string of the molecule is CCc1[nH]c(C(=O)Nc2ccc(N3CCN(CC)CC3)cc2)c(C)c1C(=O)OC. The highest BCUT2D eigenvalue weighted by molar-refractivity contribution is 6.06. The largest absolute Gasteiger partial charge is 0.465 e. The average molecular weight is 399 g/mol. The summed E-state index contributed by atoms with van der Waals surface area (Å²) in [5, 5.41) is 2.92. The fourth-order valence-electron chi connectivity index (χ4n) is 3.80. The normalized spacial score (nSPS) is 14.7. The molecule has 2 aromatic rings. The minimum absolute atomic E-state index is 0.267. The van der Waals surface area contributed by atoms with Crippen molar-refractivity contribution in [1.29, 1.82) is 0 Å². The quantitative estimate of drug-likeness (QED) is 0.732. The highest BCUT2D eigenvalue weighted by Gasteiger charge is 2.23. The number of amides is 1. The molecule has 1 saturated heterocycles. The molecule has 1 amide bonds. The predicted molar refractivity (Wildman–Crippen MR) is 115 cm³/mol. The summed E-state index contributed by atoms with van der Waals surface area (Å²) in [5.41, 5.74) is 4.04. The molecule has 1 aliphatic heterocycles. The van der Waals surface area contributed by atoms with Crippen LogP contribution in [0, 0.1) is 6.92 Å². The van der Waals surface area contributed by atoms with E-state index in [2.05, 4.69) is 27.0 Å². The van der Waals surface area contributed by atoms with E-state index in [0.29, 0.717) is 28.9 Å². The maximum absolute atomic E-state index is 12.8. The third kappa shape index (κ3) is 4.45. The highest BCUT2D eigenvalue weighted by atomic mass is 16.5. The van der Waals surface area contributed by atoms with E-state index in [9.17, 15) is 9.59 Å². The summed E-state index contributed by atoms with van der Waals surface area (Å²) < 4.78 is 4.86. The molecule has 156 valence electrons. The van der Waals surface area contributed by atoms with Crippen LogP contribution in [0.25, 0.3) is 0 Å². The van der Waals surface area contributed by atoms with E-state index in [4.69, 9.17) is 4.74 Å². The topological polar surface area (TPSA) is 77.7 Å². The van der Waals surface area contributed by atoms with E-state index in [1.54, 1.807) is 6.92 Å². The number of aromatic nitrogens is 1.